The zero-order valence-corrected chi connectivity index (χ0v) is 15.9. The minimum atomic E-state index is -1.06. The van der Waals surface area contributed by atoms with Crippen LogP contribution in [0.15, 0.2) is 84.9 Å². The molecule has 0 fully saturated rings. The van der Waals surface area contributed by atoms with E-state index < -0.39 is 12.1 Å². The number of ketones is 2. The highest BCUT2D eigenvalue weighted by molar-refractivity contribution is 6.01. The second-order valence-electron chi connectivity index (χ2n) is 6.38. The molecule has 0 spiro atoms. The highest BCUT2D eigenvalue weighted by Crippen LogP contribution is 2.23. The maximum Gasteiger partial charge on any atom is 0.345 e. The third-order valence-corrected chi connectivity index (χ3v) is 4.27. The number of rotatable bonds is 8. The first-order chi connectivity index (χ1) is 14.0. The molecule has 3 rings (SSSR count). The third kappa shape index (κ3) is 5.39. The van der Waals surface area contributed by atoms with Crippen LogP contribution in [0.3, 0.4) is 0 Å². The SMILES string of the molecule is CC(=O)c1ccc(OCC(=O)O[C@H](C(=O)c2ccccc2)c2ccccc2)cc1. The first kappa shape index (κ1) is 20.0. The van der Waals surface area contributed by atoms with E-state index in [9.17, 15) is 14.4 Å². The van der Waals surface area contributed by atoms with Gasteiger partial charge in [-0.05, 0) is 31.2 Å². The molecule has 0 aliphatic heterocycles. The molecule has 0 aliphatic carbocycles. The molecular weight excluding hydrogens is 368 g/mol. The van der Waals surface area contributed by atoms with Crippen LogP contribution in [0, 0.1) is 0 Å². The van der Waals surface area contributed by atoms with Crippen molar-refractivity contribution in [2.75, 3.05) is 6.61 Å². The van der Waals surface area contributed by atoms with Crippen molar-refractivity contribution in [1.29, 1.82) is 0 Å². The highest BCUT2D eigenvalue weighted by Gasteiger charge is 2.26. The number of carbonyl (C=O) groups is 3. The van der Waals surface area contributed by atoms with Crippen molar-refractivity contribution in [3.8, 4) is 5.75 Å². The van der Waals surface area contributed by atoms with Gasteiger partial charge in [0.1, 0.15) is 5.75 Å². The zero-order chi connectivity index (χ0) is 20.6. The average Bonchev–Trinajstić information content (AvgIpc) is 2.77. The van der Waals surface area contributed by atoms with Crippen LogP contribution >= 0.6 is 0 Å². The number of benzene rings is 3. The Morgan fingerprint density at radius 1 is 0.759 bits per heavy atom. The van der Waals surface area contributed by atoms with Crippen LogP contribution in [-0.2, 0) is 9.53 Å². The van der Waals surface area contributed by atoms with Crippen LogP contribution in [-0.4, -0.2) is 24.1 Å². The van der Waals surface area contributed by atoms with E-state index >= 15 is 0 Å². The monoisotopic (exact) mass is 388 g/mol. The molecule has 0 radical (unpaired) electrons. The predicted molar refractivity (Wildman–Crippen MR) is 108 cm³/mol. The number of hydrogen-bond acceptors (Lipinski definition) is 5. The third-order valence-electron chi connectivity index (χ3n) is 4.27. The molecule has 0 aliphatic rings. The molecule has 0 bridgehead atoms. The quantitative estimate of drug-likeness (QED) is 0.422. The standard InChI is InChI=1S/C24H20O5/c1-17(25)18-12-14-21(15-13-18)28-16-22(26)29-24(20-10-6-3-7-11-20)23(27)19-8-4-2-5-9-19/h2-15,24H,16H2,1H3/t24-/m0/s1. The summed E-state index contributed by atoms with van der Waals surface area (Å²) in [4.78, 5) is 36.6. The Kier molecular flexibility index (Phi) is 6.53. The summed E-state index contributed by atoms with van der Waals surface area (Å²) in [5, 5.41) is 0. The van der Waals surface area contributed by atoms with Crippen molar-refractivity contribution in [3.63, 3.8) is 0 Å². The molecule has 0 heterocycles. The molecule has 3 aromatic carbocycles. The molecule has 0 saturated carbocycles. The molecule has 3 aromatic rings. The van der Waals surface area contributed by atoms with Gasteiger partial charge in [-0.1, -0.05) is 60.7 Å². The van der Waals surface area contributed by atoms with E-state index in [0.29, 0.717) is 22.4 Å². The van der Waals surface area contributed by atoms with E-state index in [1.807, 2.05) is 12.1 Å². The number of Topliss-reactive ketones (excluding diaryl/α,β-unsaturated/α-hetero) is 2. The second kappa shape index (κ2) is 9.46. The normalized spacial score (nSPS) is 11.3. The molecular formula is C24H20O5. The fraction of sp³-hybridized carbons (Fsp3) is 0.125. The van der Waals surface area contributed by atoms with Crippen LogP contribution in [0.5, 0.6) is 5.75 Å². The lowest BCUT2D eigenvalue weighted by atomic mass is 10.00. The molecule has 0 amide bonds. The molecule has 0 aromatic heterocycles. The van der Waals surface area contributed by atoms with Gasteiger partial charge < -0.3 is 9.47 Å². The predicted octanol–water partition coefficient (Wildman–Crippen LogP) is 4.44. The lowest BCUT2D eigenvalue weighted by Gasteiger charge is -2.17. The van der Waals surface area contributed by atoms with Crippen molar-refractivity contribution in [1.82, 2.24) is 0 Å². The molecule has 5 nitrogen and oxygen atoms in total. The van der Waals surface area contributed by atoms with Gasteiger partial charge in [-0.2, -0.15) is 0 Å². The van der Waals surface area contributed by atoms with Gasteiger partial charge in [0.25, 0.3) is 0 Å². The summed E-state index contributed by atoms with van der Waals surface area (Å²) >= 11 is 0. The Morgan fingerprint density at radius 2 is 1.34 bits per heavy atom. The van der Waals surface area contributed by atoms with E-state index in [4.69, 9.17) is 9.47 Å². The summed E-state index contributed by atoms with van der Waals surface area (Å²) in [6.45, 7) is 1.12. The first-order valence-electron chi connectivity index (χ1n) is 9.12. The lowest BCUT2D eigenvalue weighted by Crippen LogP contribution is -2.23. The summed E-state index contributed by atoms with van der Waals surface area (Å²) < 4.78 is 10.9. The maximum absolute atomic E-state index is 12.9. The molecule has 0 N–H and O–H groups in total. The Balaban J connectivity index is 1.69. The van der Waals surface area contributed by atoms with E-state index in [1.54, 1.807) is 72.8 Å². The summed E-state index contributed by atoms with van der Waals surface area (Å²) in [6.07, 6.45) is -1.06. The first-order valence-corrected chi connectivity index (χ1v) is 9.12. The van der Waals surface area contributed by atoms with Crippen molar-refractivity contribution in [2.45, 2.75) is 13.0 Å². The molecule has 0 unspecified atom stereocenters. The van der Waals surface area contributed by atoms with E-state index in [0.717, 1.165) is 0 Å². The smallest absolute Gasteiger partial charge is 0.345 e. The molecule has 1 atom stereocenters. The van der Waals surface area contributed by atoms with Gasteiger partial charge in [-0.25, -0.2) is 4.79 Å². The maximum atomic E-state index is 12.9. The number of hydrogen-bond donors (Lipinski definition) is 0. The molecule has 0 saturated heterocycles. The van der Waals surface area contributed by atoms with Gasteiger partial charge in [0, 0.05) is 16.7 Å². The van der Waals surface area contributed by atoms with Crippen LogP contribution in [0.2, 0.25) is 0 Å². The fourth-order valence-electron chi connectivity index (χ4n) is 2.75. The van der Waals surface area contributed by atoms with Crippen molar-refractivity contribution < 1.29 is 23.9 Å². The van der Waals surface area contributed by atoms with Crippen molar-refractivity contribution >= 4 is 17.5 Å². The second-order valence-corrected chi connectivity index (χ2v) is 6.38. The topological polar surface area (TPSA) is 69.7 Å². The summed E-state index contributed by atoms with van der Waals surface area (Å²) in [5.74, 6) is -0.603. The Hall–Kier alpha value is -3.73. The number of carbonyl (C=O) groups excluding carboxylic acids is 3. The van der Waals surface area contributed by atoms with Gasteiger partial charge in [-0.15, -0.1) is 0 Å². The molecule has 146 valence electrons. The Bertz CT molecular complexity index is 979. The minimum Gasteiger partial charge on any atom is -0.482 e. The van der Waals surface area contributed by atoms with Crippen LogP contribution in [0.4, 0.5) is 0 Å². The van der Waals surface area contributed by atoms with Gasteiger partial charge in [0.05, 0.1) is 0 Å². The van der Waals surface area contributed by atoms with Crippen LogP contribution in [0.1, 0.15) is 39.3 Å². The summed E-state index contributed by atoms with van der Waals surface area (Å²) in [6, 6.07) is 24.0. The van der Waals surface area contributed by atoms with Crippen molar-refractivity contribution in [3.05, 3.63) is 102 Å². The van der Waals surface area contributed by atoms with Crippen LogP contribution < -0.4 is 4.74 Å². The van der Waals surface area contributed by atoms with E-state index in [-0.39, 0.29) is 18.2 Å². The zero-order valence-electron chi connectivity index (χ0n) is 15.9. The summed E-state index contributed by atoms with van der Waals surface area (Å²) in [7, 11) is 0. The fourth-order valence-corrected chi connectivity index (χ4v) is 2.75. The van der Waals surface area contributed by atoms with Crippen molar-refractivity contribution in [2.24, 2.45) is 0 Å². The van der Waals surface area contributed by atoms with Crippen LogP contribution in [0.25, 0.3) is 0 Å². The van der Waals surface area contributed by atoms with E-state index in [1.165, 1.54) is 6.92 Å². The highest BCUT2D eigenvalue weighted by atomic mass is 16.6. The number of esters is 1. The van der Waals surface area contributed by atoms with Gasteiger partial charge in [0.2, 0.25) is 5.78 Å². The largest absolute Gasteiger partial charge is 0.482 e. The van der Waals surface area contributed by atoms with Gasteiger partial charge >= 0.3 is 5.97 Å². The Labute approximate surface area is 168 Å². The lowest BCUT2D eigenvalue weighted by molar-refractivity contribution is -0.149. The Morgan fingerprint density at radius 3 is 1.93 bits per heavy atom. The minimum absolute atomic E-state index is 0.0545. The molecule has 5 heteroatoms. The summed E-state index contributed by atoms with van der Waals surface area (Å²) in [5.41, 5.74) is 1.59. The molecule has 29 heavy (non-hydrogen) atoms. The van der Waals surface area contributed by atoms with Gasteiger partial charge in [0.15, 0.2) is 18.5 Å². The average molecular weight is 388 g/mol. The number of ether oxygens (including phenoxy) is 2. The van der Waals surface area contributed by atoms with Gasteiger partial charge in [-0.3, -0.25) is 9.59 Å². The van der Waals surface area contributed by atoms with E-state index in [2.05, 4.69) is 0 Å².